The Labute approximate surface area is 233 Å². The van der Waals surface area contributed by atoms with Crippen LogP contribution in [0.15, 0.2) is 42.7 Å². The lowest BCUT2D eigenvalue weighted by Gasteiger charge is -2.42. The summed E-state index contributed by atoms with van der Waals surface area (Å²) >= 11 is 0. The molecule has 0 saturated carbocycles. The third-order valence-electron chi connectivity index (χ3n) is 7.55. The summed E-state index contributed by atoms with van der Waals surface area (Å²) < 4.78 is 39.0. The zero-order valence-corrected chi connectivity index (χ0v) is 23.1. The van der Waals surface area contributed by atoms with Crippen LogP contribution in [0.1, 0.15) is 24.0 Å². The fourth-order valence-electron chi connectivity index (χ4n) is 5.20. The molecule has 2 aromatic carbocycles. The molecule has 2 aliphatic rings. The van der Waals surface area contributed by atoms with Crippen molar-refractivity contribution in [2.75, 3.05) is 70.8 Å². The first-order chi connectivity index (χ1) is 19.4. The standard InChI is InChI=1S/C30H34F2N6O2/c1-36-14-16-37(17-15-36)23-10-12-38(13-11-23)26-8-5-22(18-28(26)40-3)35-30-33-19-21(20-34-30)4-6-24-25(31)7-9-27(39-2)29(24)32/h5,7-9,18-20,23H,10-17H2,1-3H3,(H,33,34,35). The second-order valence-electron chi connectivity index (χ2n) is 10.1. The van der Waals surface area contributed by atoms with Gasteiger partial charge in [-0.05, 0) is 44.2 Å². The van der Waals surface area contributed by atoms with Crippen LogP contribution in [0.4, 0.5) is 26.1 Å². The van der Waals surface area contributed by atoms with Crippen LogP contribution in [0.25, 0.3) is 0 Å². The van der Waals surface area contributed by atoms with E-state index in [0.29, 0.717) is 17.6 Å². The van der Waals surface area contributed by atoms with Crippen molar-refractivity contribution in [2.24, 2.45) is 0 Å². The number of rotatable bonds is 6. The molecule has 1 N–H and O–H groups in total. The summed E-state index contributed by atoms with van der Waals surface area (Å²) in [7, 11) is 5.18. The lowest BCUT2D eigenvalue weighted by Crippen LogP contribution is -2.52. The van der Waals surface area contributed by atoms with Crippen molar-refractivity contribution in [2.45, 2.75) is 18.9 Å². The molecule has 40 heavy (non-hydrogen) atoms. The minimum absolute atomic E-state index is 0.0712. The van der Waals surface area contributed by atoms with Crippen molar-refractivity contribution in [3.8, 4) is 23.3 Å². The topological polar surface area (TPSA) is 66.0 Å². The number of anilines is 3. The molecular weight excluding hydrogens is 514 g/mol. The van der Waals surface area contributed by atoms with Crippen molar-refractivity contribution in [3.63, 3.8) is 0 Å². The van der Waals surface area contributed by atoms with Gasteiger partial charge in [0.15, 0.2) is 11.6 Å². The van der Waals surface area contributed by atoms with E-state index in [9.17, 15) is 8.78 Å². The summed E-state index contributed by atoms with van der Waals surface area (Å²) in [5.74, 6) is 4.69. The average molecular weight is 549 g/mol. The molecule has 10 heteroatoms. The Morgan fingerprint density at radius 3 is 2.25 bits per heavy atom. The number of hydrogen-bond acceptors (Lipinski definition) is 8. The first-order valence-corrected chi connectivity index (χ1v) is 13.4. The number of hydrogen-bond donors (Lipinski definition) is 1. The van der Waals surface area contributed by atoms with Crippen molar-refractivity contribution in [3.05, 3.63) is 65.5 Å². The maximum Gasteiger partial charge on any atom is 0.227 e. The molecule has 3 aromatic rings. The Morgan fingerprint density at radius 1 is 0.875 bits per heavy atom. The minimum Gasteiger partial charge on any atom is -0.495 e. The third kappa shape index (κ3) is 6.27. The summed E-state index contributed by atoms with van der Waals surface area (Å²) in [6.45, 7) is 6.58. The molecule has 0 spiro atoms. The van der Waals surface area contributed by atoms with Gasteiger partial charge in [0, 0.05) is 69.5 Å². The number of methoxy groups -OCH3 is 2. The van der Waals surface area contributed by atoms with Crippen LogP contribution in [-0.4, -0.2) is 86.3 Å². The fourth-order valence-corrected chi connectivity index (χ4v) is 5.20. The molecule has 210 valence electrons. The Kier molecular flexibility index (Phi) is 8.63. The molecule has 0 amide bonds. The molecular formula is C30H34F2N6O2. The number of piperazine rings is 1. The third-order valence-corrected chi connectivity index (χ3v) is 7.55. The smallest absolute Gasteiger partial charge is 0.227 e. The molecule has 0 atom stereocenters. The number of nitrogens with zero attached hydrogens (tertiary/aromatic N) is 5. The van der Waals surface area contributed by atoms with Crippen LogP contribution in [0.3, 0.4) is 0 Å². The van der Waals surface area contributed by atoms with Crippen molar-refractivity contribution in [1.29, 1.82) is 0 Å². The molecule has 0 radical (unpaired) electrons. The highest BCUT2D eigenvalue weighted by atomic mass is 19.1. The normalized spacial score (nSPS) is 16.8. The summed E-state index contributed by atoms with van der Waals surface area (Å²) in [6.07, 6.45) is 5.28. The van der Waals surface area contributed by atoms with E-state index in [1.807, 2.05) is 12.1 Å². The van der Waals surface area contributed by atoms with Gasteiger partial charge in [-0.3, -0.25) is 4.90 Å². The van der Waals surface area contributed by atoms with E-state index in [1.54, 1.807) is 7.11 Å². The van der Waals surface area contributed by atoms with Crippen molar-refractivity contribution >= 4 is 17.3 Å². The number of ether oxygens (including phenoxy) is 2. The van der Waals surface area contributed by atoms with E-state index in [2.05, 4.69) is 54.9 Å². The van der Waals surface area contributed by atoms with Crippen LogP contribution in [0.2, 0.25) is 0 Å². The van der Waals surface area contributed by atoms with E-state index >= 15 is 0 Å². The Hall–Kier alpha value is -3.94. The second-order valence-corrected chi connectivity index (χ2v) is 10.1. The summed E-state index contributed by atoms with van der Waals surface area (Å²) in [6, 6.07) is 8.97. The van der Waals surface area contributed by atoms with Gasteiger partial charge in [-0.15, -0.1) is 0 Å². The number of piperidine rings is 1. The Balaban J connectivity index is 1.21. The fraction of sp³-hybridized carbons (Fsp3) is 0.400. The molecule has 8 nitrogen and oxygen atoms in total. The van der Waals surface area contributed by atoms with Crippen molar-refractivity contribution < 1.29 is 18.3 Å². The van der Waals surface area contributed by atoms with E-state index in [4.69, 9.17) is 9.47 Å². The van der Waals surface area contributed by atoms with Crippen LogP contribution < -0.4 is 19.7 Å². The first kappa shape index (κ1) is 27.6. The van der Waals surface area contributed by atoms with Gasteiger partial charge in [0.1, 0.15) is 17.1 Å². The van der Waals surface area contributed by atoms with E-state index in [-0.39, 0.29) is 11.3 Å². The minimum atomic E-state index is -0.842. The van der Waals surface area contributed by atoms with Crippen LogP contribution in [0.5, 0.6) is 11.5 Å². The van der Waals surface area contributed by atoms with Crippen LogP contribution in [-0.2, 0) is 0 Å². The number of halogens is 2. The molecule has 0 unspecified atom stereocenters. The van der Waals surface area contributed by atoms with Crippen LogP contribution >= 0.6 is 0 Å². The summed E-state index contributed by atoms with van der Waals surface area (Å²) in [4.78, 5) is 16.0. The van der Waals surface area contributed by atoms with Gasteiger partial charge in [-0.2, -0.15) is 0 Å². The molecule has 5 rings (SSSR count). The first-order valence-electron chi connectivity index (χ1n) is 13.4. The van der Waals surface area contributed by atoms with Gasteiger partial charge in [0.2, 0.25) is 5.95 Å². The highest BCUT2D eigenvalue weighted by Gasteiger charge is 2.27. The van der Waals surface area contributed by atoms with Gasteiger partial charge < -0.3 is 24.6 Å². The van der Waals surface area contributed by atoms with Gasteiger partial charge in [0.05, 0.1) is 25.5 Å². The van der Waals surface area contributed by atoms with Gasteiger partial charge in [0.25, 0.3) is 0 Å². The monoisotopic (exact) mass is 548 g/mol. The maximum atomic E-state index is 14.3. The number of nitrogens with one attached hydrogen (secondary N) is 1. The predicted molar refractivity (Wildman–Crippen MR) is 152 cm³/mol. The Bertz CT molecular complexity index is 1380. The van der Waals surface area contributed by atoms with Gasteiger partial charge in [-0.1, -0.05) is 11.8 Å². The Morgan fingerprint density at radius 2 is 1.57 bits per heavy atom. The maximum absolute atomic E-state index is 14.3. The number of aromatic nitrogens is 2. The van der Waals surface area contributed by atoms with E-state index in [0.717, 1.165) is 75.3 Å². The SMILES string of the molecule is COc1cc(Nc2ncc(C#Cc3c(F)ccc(OC)c3F)cn2)ccc1N1CCC(N2CCN(C)CC2)CC1. The van der Waals surface area contributed by atoms with Crippen LogP contribution in [0, 0.1) is 23.5 Å². The average Bonchev–Trinajstić information content (AvgIpc) is 2.98. The van der Waals surface area contributed by atoms with Crippen molar-refractivity contribution in [1.82, 2.24) is 19.8 Å². The molecule has 2 aliphatic heterocycles. The highest BCUT2D eigenvalue weighted by Crippen LogP contribution is 2.34. The number of likely N-dealkylation sites (N-methyl/N-ethyl adjacent to an activating group) is 1. The summed E-state index contributed by atoms with van der Waals surface area (Å²) in [5, 5.41) is 3.18. The molecule has 3 heterocycles. The quantitative estimate of drug-likeness (QED) is 0.462. The van der Waals surface area contributed by atoms with Gasteiger partial charge >= 0.3 is 0 Å². The molecule has 0 aliphatic carbocycles. The van der Waals surface area contributed by atoms with Gasteiger partial charge in [-0.25, -0.2) is 18.7 Å². The second kappa shape index (κ2) is 12.5. The lowest BCUT2D eigenvalue weighted by atomic mass is 10.0. The zero-order chi connectivity index (χ0) is 28.1. The molecule has 1 aromatic heterocycles. The van der Waals surface area contributed by atoms with E-state index < -0.39 is 11.6 Å². The summed E-state index contributed by atoms with van der Waals surface area (Å²) in [5.41, 5.74) is 1.91. The molecule has 2 saturated heterocycles. The molecule has 2 fully saturated rings. The molecule has 0 bridgehead atoms. The van der Waals surface area contributed by atoms with E-state index in [1.165, 1.54) is 25.6 Å². The lowest BCUT2D eigenvalue weighted by molar-refractivity contribution is 0.0981. The highest BCUT2D eigenvalue weighted by molar-refractivity contribution is 5.67. The number of benzene rings is 2. The predicted octanol–water partition coefficient (Wildman–Crippen LogP) is 4.13. The largest absolute Gasteiger partial charge is 0.495 e. The zero-order valence-electron chi connectivity index (χ0n) is 23.1.